The van der Waals surface area contributed by atoms with Crippen LogP contribution in [0.2, 0.25) is 0 Å². The minimum Gasteiger partial charge on any atom is -0.381 e. The fourth-order valence-electron chi connectivity index (χ4n) is 4.63. The number of anilines is 2. The number of amides is 1. The number of piperidine rings is 1. The Labute approximate surface area is 207 Å². The summed E-state index contributed by atoms with van der Waals surface area (Å²) in [7, 11) is 0. The van der Waals surface area contributed by atoms with Crippen molar-refractivity contribution in [1.29, 1.82) is 0 Å². The van der Waals surface area contributed by atoms with Crippen molar-refractivity contribution >= 4 is 22.9 Å². The maximum atomic E-state index is 14.1. The van der Waals surface area contributed by atoms with Crippen molar-refractivity contribution in [3.8, 4) is 11.1 Å². The Morgan fingerprint density at radius 3 is 2.67 bits per heavy atom. The van der Waals surface area contributed by atoms with E-state index in [9.17, 15) is 18.0 Å². The lowest BCUT2D eigenvalue weighted by Gasteiger charge is -2.31. The molecule has 0 radical (unpaired) electrons. The third kappa shape index (κ3) is 5.11. The van der Waals surface area contributed by atoms with Gasteiger partial charge < -0.3 is 10.6 Å². The number of carbonyl (C=O) groups is 1. The van der Waals surface area contributed by atoms with E-state index in [4.69, 9.17) is 0 Å². The highest BCUT2D eigenvalue weighted by Crippen LogP contribution is 2.36. The van der Waals surface area contributed by atoms with Crippen molar-refractivity contribution in [3.05, 3.63) is 77.6 Å². The number of pyridine rings is 2. The van der Waals surface area contributed by atoms with Gasteiger partial charge in [0.15, 0.2) is 0 Å². The number of hydrogen-bond acceptors (Lipinski definition) is 5. The predicted octanol–water partition coefficient (Wildman–Crippen LogP) is 5.35. The lowest BCUT2D eigenvalue weighted by atomic mass is 9.91. The molecule has 6 nitrogen and oxygen atoms in total. The molecule has 0 saturated carbocycles. The Bertz CT molecular complexity index is 1330. The number of fused-ring (bicyclic) bond motifs is 1. The van der Waals surface area contributed by atoms with Gasteiger partial charge in [-0.1, -0.05) is 6.07 Å². The molecule has 2 aliphatic heterocycles. The van der Waals surface area contributed by atoms with Crippen LogP contribution in [0.5, 0.6) is 0 Å². The maximum absolute atomic E-state index is 14.1. The van der Waals surface area contributed by atoms with E-state index in [1.54, 1.807) is 12.4 Å². The zero-order valence-electron chi connectivity index (χ0n) is 19.8. The van der Waals surface area contributed by atoms with Crippen LogP contribution in [-0.4, -0.2) is 46.3 Å². The van der Waals surface area contributed by atoms with Crippen LogP contribution in [0.15, 0.2) is 60.7 Å². The summed E-state index contributed by atoms with van der Waals surface area (Å²) in [6.07, 6.45) is 5.84. The Kier molecular flexibility index (Phi) is 6.49. The summed E-state index contributed by atoms with van der Waals surface area (Å²) in [5, 5.41) is 5.95. The average molecular weight is 494 g/mol. The molecule has 1 saturated heterocycles. The molecule has 0 atom stereocenters. The number of rotatable bonds is 5. The average Bonchev–Trinajstić information content (AvgIpc) is 2.86. The Hall–Kier alpha value is -3.72. The van der Waals surface area contributed by atoms with Crippen LogP contribution in [-0.2, 0) is 11.3 Å². The van der Waals surface area contributed by atoms with E-state index < -0.39 is 17.6 Å². The number of alkyl halides is 2. The van der Waals surface area contributed by atoms with Gasteiger partial charge in [0, 0.05) is 80.0 Å². The van der Waals surface area contributed by atoms with Crippen molar-refractivity contribution in [2.24, 2.45) is 0 Å². The van der Waals surface area contributed by atoms with E-state index >= 15 is 0 Å². The minimum atomic E-state index is -2.58. The summed E-state index contributed by atoms with van der Waals surface area (Å²) in [4.78, 5) is 23.5. The highest BCUT2D eigenvalue weighted by atomic mass is 19.3. The van der Waals surface area contributed by atoms with E-state index in [1.165, 1.54) is 18.5 Å². The van der Waals surface area contributed by atoms with E-state index in [2.05, 4.69) is 20.6 Å². The number of aromatic nitrogens is 2. The normalized spacial score (nSPS) is 17.3. The highest BCUT2D eigenvalue weighted by Gasteiger charge is 2.33. The highest BCUT2D eigenvalue weighted by molar-refractivity contribution is 6.27. The van der Waals surface area contributed by atoms with Crippen LogP contribution in [0.25, 0.3) is 16.7 Å². The van der Waals surface area contributed by atoms with Crippen LogP contribution < -0.4 is 10.6 Å². The number of carbonyl (C=O) groups excluding carboxylic acids is 1. The molecule has 186 valence electrons. The summed E-state index contributed by atoms with van der Waals surface area (Å²) in [6, 6.07) is 8.97. The Morgan fingerprint density at radius 2 is 1.89 bits per heavy atom. The zero-order chi connectivity index (χ0) is 25.3. The maximum Gasteiger partial charge on any atom is 0.256 e. The number of likely N-dealkylation sites (tertiary alicyclic amines) is 1. The van der Waals surface area contributed by atoms with Crippen molar-refractivity contribution in [3.63, 3.8) is 0 Å². The van der Waals surface area contributed by atoms with Gasteiger partial charge in [0.05, 0.1) is 11.9 Å². The zero-order valence-corrected chi connectivity index (χ0v) is 19.8. The third-order valence-electron chi connectivity index (χ3n) is 6.62. The smallest absolute Gasteiger partial charge is 0.256 e. The van der Waals surface area contributed by atoms with Gasteiger partial charge >= 0.3 is 0 Å². The molecule has 2 N–H and O–H groups in total. The summed E-state index contributed by atoms with van der Waals surface area (Å²) >= 11 is 0. The predicted molar refractivity (Wildman–Crippen MR) is 133 cm³/mol. The van der Waals surface area contributed by atoms with E-state index in [0.717, 1.165) is 28.0 Å². The molecule has 5 rings (SSSR count). The molecule has 2 aromatic heterocycles. The van der Waals surface area contributed by atoms with Crippen molar-refractivity contribution in [2.75, 3.05) is 30.3 Å². The second kappa shape index (κ2) is 9.73. The topological polar surface area (TPSA) is 70.2 Å². The third-order valence-corrected chi connectivity index (χ3v) is 6.62. The fraction of sp³-hybridized carbons (Fsp3) is 0.296. The van der Waals surface area contributed by atoms with Crippen LogP contribution in [0.4, 0.5) is 24.5 Å². The van der Waals surface area contributed by atoms with Gasteiger partial charge in [-0.2, -0.15) is 0 Å². The molecule has 3 aromatic rings. The molecule has 9 heteroatoms. The minimum absolute atomic E-state index is 0.0198. The summed E-state index contributed by atoms with van der Waals surface area (Å²) in [5.74, 6) is -3.54. The number of benzene rings is 1. The Balaban J connectivity index is 1.40. The van der Waals surface area contributed by atoms with Gasteiger partial charge in [-0.15, -0.1) is 0 Å². The summed E-state index contributed by atoms with van der Waals surface area (Å²) in [6.45, 7) is 3.61. The lowest BCUT2D eigenvalue weighted by Crippen LogP contribution is -2.38. The molecule has 0 spiro atoms. The van der Waals surface area contributed by atoms with Crippen LogP contribution in [0.3, 0.4) is 0 Å². The first kappa shape index (κ1) is 24.0. The standard InChI is InChI=1S/C27H26F3N5O/c1-17-12-33-23-3-2-19(11-21(23)25(17)26(36)34-24-15-31-7-4-22(24)28)20-10-18(13-32-14-20)16-35-8-5-27(29,30)6-9-35/h2-4,7,10-11,13-15,33H,5-6,8-9,12,16H2,1H3,(H,34,36). The molecule has 36 heavy (non-hydrogen) atoms. The second-order valence-electron chi connectivity index (χ2n) is 9.29. The number of halogens is 3. The van der Waals surface area contributed by atoms with Gasteiger partial charge in [0.1, 0.15) is 5.82 Å². The van der Waals surface area contributed by atoms with Crippen molar-refractivity contribution in [2.45, 2.75) is 32.2 Å². The lowest BCUT2D eigenvalue weighted by molar-refractivity contribution is -0.111. The number of hydrogen-bond donors (Lipinski definition) is 2. The second-order valence-corrected chi connectivity index (χ2v) is 9.29. The molecule has 0 aliphatic carbocycles. The molecular formula is C27H26F3N5O. The van der Waals surface area contributed by atoms with E-state index in [1.807, 2.05) is 36.1 Å². The van der Waals surface area contributed by atoms with Gasteiger partial charge in [-0.05, 0) is 47.9 Å². The Morgan fingerprint density at radius 1 is 1.08 bits per heavy atom. The van der Waals surface area contributed by atoms with Gasteiger partial charge in [0.2, 0.25) is 0 Å². The number of nitrogens with zero attached hydrogens (tertiary/aromatic N) is 3. The molecule has 0 bridgehead atoms. The van der Waals surface area contributed by atoms with Crippen molar-refractivity contribution < 1.29 is 18.0 Å². The molecule has 1 amide bonds. The molecule has 0 unspecified atom stereocenters. The molecule has 1 fully saturated rings. The molecular weight excluding hydrogens is 467 g/mol. The SMILES string of the molecule is CC1=C(C(=O)Nc2cnccc2F)c2cc(-c3cncc(CN4CCC(F)(F)CC4)c3)ccc2NC1. The fourth-order valence-corrected chi connectivity index (χ4v) is 4.63. The van der Waals surface area contributed by atoms with Crippen LogP contribution >= 0.6 is 0 Å². The quantitative estimate of drug-likeness (QED) is 0.501. The monoisotopic (exact) mass is 493 g/mol. The molecule has 2 aliphatic rings. The first-order valence-electron chi connectivity index (χ1n) is 11.8. The first-order valence-corrected chi connectivity index (χ1v) is 11.8. The summed E-state index contributed by atoms with van der Waals surface area (Å²) < 4.78 is 41.1. The van der Waals surface area contributed by atoms with Crippen LogP contribution in [0.1, 0.15) is 30.9 Å². The van der Waals surface area contributed by atoms with Gasteiger partial charge in [0.25, 0.3) is 11.8 Å². The number of nitrogens with one attached hydrogen (secondary N) is 2. The van der Waals surface area contributed by atoms with Gasteiger partial charge in [-0.3, -0.25) is 19.7 Å². The largest absolute Gasteiger partial charge is 0.381 e. The van der Waals surface area contributed by atoms with E-state index in [-0.39, 0.29) is 18.5 Å². The van der Waals surface area contributed by atoms with Gasteiger partial charge in [-0.25, -0.2) is 13.2 Å². The molecule has 1 aromatic carbocycles. The first-order chi connectivity index (χ1) is 17.3. The summed E-state index contributed by atoms with van der Waals surface area (Å²) in [5.41, 5.74) is 5.50. The van der Waals surface area contributed by atoms with Crippen molar-refractivity contribution in [1.82, 2.24) is 14.9 Å². The van der Waals surface area contributed by atoms with Crippen LogP contribution in [0, 0.1) is 5.82 Å². The molecule has 4 heterocycles. The van der Waals surface area contributed by atoms with E-state index in [0.29, 0.717) is 37.3 Å².